The first-order valence-corrected chi connectivity index (χ1v) is 5.96. The molecule has 0 rings (SSSR count). The van der Waals surface area contributed by atoms with Gasteiger partial charge in [0.15, 0.2) is 0 Å². The highest BCUT2D eigenvalue weighted by Crippen LogP contribution is 1.98. The number of hydrogen-bond acceptors (Lipinski definition) is 9. The summed E-state index contributed by atoms with van der Waals surface area (Å²) in [6, 6.07) is -3.50. The van der Waals surface area contributed by atoms with Crippen LogP contribution in [-0.4, -0.2) is 60.9 Å². The van der Waals surface area contributed by atoms with Crippen molar-refractivity contribution >= 4 is 30.0 Å². The summed E-state index contributed by atoms with van der Waals surface area (Å²) in [6.45, 7) is 1.38. The lowest BCUT2D eigenvalue weighted by molar-refractivity contribution is -0.156. The van der Waals surface area contributed by atoms with E-state index in [1.807, 2.05) is 5.32 Å². The molecule has 11 nitrogen and oxygen atoms in total. The third-order valence-corrected chi connectivity index (χ3v) is 2.14. The van der Waals surface area contributed by atoms with E-state index >= 15 is 0 Å². The van der Waals surface area contributed by atoms with Gasteiger partial charge in [-0.25, -0.2) is 14.4 Å². The fraction of sp³-hybridized carbons (Fsp3) is 0.545. The van der Waals surface area contributed by atoms with E-state index in [2.05, 4.69) is 14.2 Å². The van der Waals surface area contributed by atoms with Gasteiger partial charge in [0.1, 0.15) is 0 Å². The van der Waals surface area contributed by atoms with Crippen LogP contribution in [-0.2, 0) is 33.4 Å². The van der Waals surface area contributed by atoms with Gasteiger partial charge in [-0.15, -0.1) is 0 Å². The van der Waals surface area contributed by atoms with E-state index in [-0.39, 0.29) is 6.61 Å². The second-order valence-corrected chi connectivity index (χ2v) is 3.77. The zero-order valence-corrected chi connectivity index (χ0v) is 11.9. The van der Waals surface area contributed by atoms with E-state index in [1.165, 1.54) is 6.92 Å². The summed E-state index contributed by atoms with van der Waals surface area (Å²) in [5.74, 6) is -5.16. The van der Waals surface area contributed by atoms with Crippen molar-refractivity contribution in [1.29, 1.82) is 0 Å². The standard InChI is InChI=1S/C11H16N2O9/c1-3-21-11(19)22-10(18)7(9(17)20-2)13-8(16)5(12)4-6(14)15/h5,7H,3-4,12H2,1-2H3,(H,13,16)(H,14,15). The summed E-state index contributed by atoms with van der Waals surface area (Å²) in [7, 11) is 0.927. The summed E-state index contributed by atoms with van der Waals surface area (Å²) >= 11 is 0. The summed E-state index contributed by atoms with van der Waals surface area (Å²) in [6.07, 6.45) is -2.10. The number of rotatable bonds is 7. The Morgan fingerprint density at radius 1 is 1.18 bits per heavy atom. The molecule has 2 unspecified atom stereocenters. The van der Waals surface area contributed by atoms with Crippen molar-refractivity contribution in [3.05, 3.63) is 0 Å². The first-order chi connectivity index (χ1) is 10.2. The van der Waals surface area contributed by atoms with Crippen molar-refractivity contribution in [2.75, 3.05) is 13.7 Å². The van der Waals surface area contributed by atoms with Crippen molar-refractivity contribution in [1.82, 2.24) is 5.32 Å². The molecule has 124 valence electrons. The molecule has 0 aromatic heterocycles. The van der Waals surface area contributed by atoms with Crippen LogP contribution in [0.5, 0.6) is 0 Å². The molecule has 0 aromatic carbocycles. The van der Waals surface area contributed by atoms with Crippen LogP contribution in [0.2, 0.25) is 0 Å². The number of carboxylic acids is 1. The fourth-order valence-electron chi connectivity index (χ4n) is 1.15. The summed E-state index contributed by atoms with van der Waals surface area (Å²) in [5.41, 5.74) is 5.27. The highest BCUT2D eigenvalue weighted by molar-refractivity contribution is 6.05. The Morgan fingerprint density at radius 2 is 1.77 bits per heavy atom. The molecule has 0 spiro atoms. The zero-order valence-electron chi connectivity index (χ0n) is 11.9. The second-order valence-electron chi connectivity index (χ2n) is 3.77. The largest absolute Gasteiger partial charge is 0.516 e. The molecule has 0 aromatic rings. The van der Waals surface area contributed by atoms with Crippen molar-refractivity contribution in [2.45, 2.75) is 25.4 Å². The van der Waals surface area contributed by atoms with Gasteiger partial charge in [-0.3, -0.25) is 9.59 Å². The smallest absolute Gasteiger partial charge is 0.481 e. The minimum absolute atomic E-state index is 0.0785. The van der Waals surface area contributed by atoms with Crippen LogP contribution in [0.15, 0.2) is 0 Å². The van der Waals surface area contributed by atoms with Crippen molar-refractivity contribution in [3.63, 3.8) is 0 Å². The quantitative estimate of drug-likeness (QED) is 0.357. The van der Waals surface area contributed by atoms with Crippen molar-refractivity contribution < 1.29 is 43.3 Å². The Labute approximate surface area is 124 Å². The zero-order chi connectivity index (χ0) is 17.3. The number of nitrogens with one attached hydrogen (secondary N) is 1. The molecule has 0 aliphatic rings. The number of aliphatic carboxylic acids is 1. The van der Waals surface area contributed by atoms with Crippen molar-refractivity contribution in [2.24, 2.45) is 5.73 Å². The predicted octanol–water partition coefficient (Wildman–Crippen LogP) is -1.85. The SMILES string of the molecule is CCOC(=O)OC(=O)C(NC(=O)C(N)CC(=O)O)C(=O)OC. The lowest BCUT2D eigenvalue weighted by Gasteiger charge is -2.16. The molecule has 0 aliphatic heterocycles. The summed E-state index contributed by atoms with van der Waals surface area (Å²) in [5, 5.41) is 10.3. The van der Waals surface area contributed by atoms with Gasteiger partial charge in [-0.2, -0.15) is 0 Å². The van der Waals surface area contributed by atoms with Gasteiger partial charge in [0.25, 0.3) is 0 Å². The molecule has 4 N–H and O–H groups in total. The van der Waals surface area contributed by atoms with Crippen LogP contribution in [0.3, 0.4) is 0 Å². The van der Waals surface area contributed by atoms with E-state index in [0.29, 0.717) is 0 Å². The van der Waals surface area contributed by atoms with Crippen molar-refractivity contribution in [3.8, 4) is 0 Å². The molecule has 0 bridgehead atoms. The van der Waals surface area contributed by atoms with E-state index in [0.717, 1.165) is 7.11 Å². The summed E-state index contributed by atoms with van der Waals surface area (Å²) in [4.78, 5) is 56.1. The molecular formula is C11H16N2O9. The molecule has 0 aliphatic carbocycles. The van der Waals surface area contributed by atoms with Crippen LogP contribution in [0.4, 0.5) is 4.79 Å². The van der Waals surface area contributed by atoms with E-state index < -0.39 is 48.5 Å². The molecule has 0 heterocycles. The normalized spacial score (nSPS) is 12.5. The maximum atomic E-state index is 11.6. The first-order valence-electron chi connectivity index (χ1n) is 5.96. The molecule has 0 saturated carbocycles. The maximum Gasteiger partial charge on any atom is 0.516 e. The molecule has 0 saturated heterocycles. The molecule has 0 fully saturated rings. The number of methoxy groups -OCH3 is 1. The minimum atomic E-state index is -1.98. The Morgan fingerprint density at radius 3 is 2.23 bits per heavy atom. The fourth-order valence-corrected chi connectivity index (χ4v) is 1.15. The molecule has 1 amide bonds. The highest BCUT2D eigenvalue weighted by atomic mass is 16.7. The van der Waals surface area contributed by atoms with Crippen LogP contribution in [0.25, 0.3) is 0 Å². The van der Waals surface area contributed by atoms with Gasteiger partial charge in [-0.1, -0.05) is 0 Å². The monoisotopic (exact) mass is 320 g/mol. The Hall–Kier alpha value is -2.69. The van der Waals surface area contributed by atoms with Crippen LogP contribution < -0.4 is 11.1 Å². The van der Waals surface area contributed by atoms with E-state index in [9.17, 15) is 24.0 Å². The Bertz CT molecular complexity index is 462. The molecular weight excluding hydrogens is 304 g/mol. The van der Waals surface area contributed by atoms with E-state index in [1.54, 1.807) is 0 Å². The minimum Gasteiger partial charge on any atom is -0.481 e. The second kappa shape index (κ2) is 9.28. The number of hydrogen-bond donors (Lipinski definition) is 3. The number of esters is 2. The lowest BCUT2D eigenvalue weighted by atomic mass is 10.2. The van der Waals surface area contributed by atoms with E-state index in [4.69, 9.17) is 10.8 Å². The van der Waals surface area contributed by atoms with Gasteiger partial charge >= 0.3 is 24.1 Å². The number of carbonyl (C=O) groups is 5. The molecule has 2 atom stereocenters. The lowest BCUT2D eigenvalue weighted by Crippen LogP contribution is -2.53. The number of amides is 1. The molecule has 22 heavy (non-hydrogen) atoms. The topological polar surface area (TPSA) is 171 Å². The first kappa shape index (κ1) is 19.3. The van der Waals surface area contributed by atoms with Gasteiger partial charge in [0, 0.05) is 0 Å². The average Bonchev–Trinajstić information content (AvgIpc) is 2.42. The van der Waals surface area contributed by atoms with Gasteiger partial charge in [-0.05, 0) is 6.92 Å². The number of ether oxygens (including phenoxy) is 3. The van der Waals surface area contributed by atoms with Gasteiger partial charge < -0.3 is 30.4 Å². The maximum absolute atomic E-state index is 11.6. The van der Waals surface area contributed by atoms with Gasteiger partial charge in [0.2, 0.25) is 11.9 Å². The third kappa shape index (κ3) is 6.65. The summed E-state index contributed by atoms with van der Waals surface area (Å²) < 4.78 is 12.8. The average molecular weight is 320 g/mol. The highest BCUT2D eigenvalue weighted by Gasteiger charge is 2.34. The van der Waals surface area contributed by atoms with Crippen LogP contribution in [0.1, 0.15) is 13.3 Å². The number of carbonyl (C=O) groups excluding carboxylic acids is 4. The Balaban J connectivity index is 4.88. The third-order valence-electron chi connectivity index (χ3n) is 2.14. The Kier molecular flexibility index (Phi) is 8.15. The van der Waals surface area contributed by atoms with Crippen LogP contribution >= 0.6 is 0 Å². The predicted molar refractivity (Wildman–Crippen MR) is 67.3 cm³/mol. The number of carboxylic acid groups (broad SMARTS) is 1. The number of nitrogens with two attached hydrogens (primary N) is 1. The van der Waals surface area contributed by atoms with Gasteiger partial charge in [0.05, 0.1) is 26.2 Å². The molecule has 11 heteroatoms. The van der Waals surface area contributed by atoms with Crippen LogP contribution in [0, 0.1) is 0 Å². The molecule has 0 radical (unpaired) electrons.